The fourth-order valence-corrected chi connectivity index (χ4v) is 6.97. The third-order valence-electron chi connectivity index (χ3n) is 7.07. The molecule has 0 radical (unpaired) electrons. The molecule has 4 aromatic rings. The Kier molecular flexibility index (Phi) is 12.0. The van der Waals surface area contributed by atoms with E-state index in [1.165, 1.54) is 17.0 Å². The van der Waals surface area contributed by atoms with Crippen LogP contribution in [0.4, 0.5) is 5.69 Å². The van der Waals surface area contributed by atoms with Gasteiger partial charge in [-0.2, -0.15) is 0 Å². The van der Waals surface area contributed by atoms with Gasteiger partial charge in [0.2, 0.25) is 11.8 Å². The molecule has 2 amide bonds. The Morgan fingerprint density at radius 2 is 1.50 bits per heavy atom. The van der Waals surface area contributed by atoms with Crippen molar-refractivity contribution in [1.82, 2.24) is 10.2 Å². The molecule has 4 rings (SSSR count). The lowest BCUT2D eigenvalue weighted by atomic mass is 10.0. The van der Waals surface area contributed by atoms with Crippen LogP contribution in [-0.4, -0.2) is 44.3 Å². The van der Waals surface area contributed by atoms with Gasteiger partial charge >= 0.3 is 0 Å². The molecule has 0 unspecified atom stereocenters. The van der Waals surface area contributed by atoms with Crippen LogP contribution in [0.1, 0.15) is 30.9 Å². The smallest absolute Gasteiger partial charge is 0.264 e. The van der Waals surface area contributed by atoms with Crippen LogP contribution in [0, 0.1) is 0 Å². The Hall–Kier alpha value is -3.66. The van der Waals surface area contributed by atoms with Crippen molar-refractivity contribution in [2.45, 2.75) is 43.7 Å². The molecule has 0 saturated carbocycles. The predicted octanol–water partition coefficient (Wildman–Crippen LogP) is 6.85. The molecule has 0 fully saturated rings. The summed E-state index contributed by atoms with van der Waals surface area (Å²) in [6.07, 6.45) is 1.93. The third-order valence-corrected chi connectivity index (χ3v) is 9.66. The van der Waals surface area contributed by atoms with Gasteiger partial charge < -0.3 is 10.2 Å². The molecule has 4 aromatic carbocycles. The summed E-state index contributed by atoms with van der Waals surface area (Å²) in [5.41, 5.74) is 1.82. The van der Waals surface area contributed by atoms with E-state index in [1.54, 1.807) is 42.5 Å². The van der Waals surface area contributed by atoms with Gasteiger partial charge in [0.15, 0.2) is 0 Å². The van der Waals surface area contributed by atoms with Crippen LogP contribution >= 0.6 is 27.5 Å². The summed E-state index contributed by atoms with van der Waals surface area (Å²) >= 11 is 10.0. The van der Waals surface area contributed by atoms with Gasteiger partial charge in [-0.25, -0.2) is 8.42 Å². The maximum Gasteiger partial charge on any atom is 0.264 e. The Morgan fingerprint density at radius 3 is 2.16 bits per heavy atom. The zero-order valence-corrected chi connectivity index (χ0v) is 27.6. The van der Waals surface area contributed by atoms with E-state index in [-0.39, 0.29) is 34.5 Å². The highest BCUT2D eigenvalue weighted by Gasteiger charge is 2.35. The van der Waals surface area contributed by atoms with Crippen molar-refractivity contribution in [2.24, 2.45) is 0 Å². The first-order valence-electron chi connectivity index (χ1n) is 14.4. The lowest BCUT2D eigenvalue weighted by Gasteiger charge is -2.34. The number of hydrogen-bond acceptors (Lipinski definition) is 4. The molecule has 1 N–H and O–H groups in total. The Morgan fingerprint density at radius 1 is 0.864 bits per heavy atom. The highest BCUT2D eigenvalue weighted by molar-refractivity contribution is 9.10. The average Bonchev–Trinajstić information content (AvgIpc) is 3.03. The number of anilines is 1. The maximum atomic E-state index is 14.5. The summed E-state index contributed by atoms with van der Waals surface area (Å²) in [6, 6.07) is 30.4. The second kappa shape index (κ2) is 15.9. The number of benzene rings is 4. The molecule has 230 valence electrons. The molecule has 0 spiro atoms. The van der Waals surface area contributed by atoms with Crippen molar-refractivity contribution < 1.29 is 18.0 Å². The first-order valence-corrected chi connectivity index (χ1v) is 17.0. The molecule has 44 heavy (non-hydrogen) atoms. The standard InChI is InChI=1S/C34H35BrClN3O4S/c1-2-3-21-37-34(41)32(23-26-13-6-4-7-14-26)38(24-27-15-12-16-28(35)22-27)33(40)25-39(31-20-11-10-19-30(31)36)44(42,43)29-17-8-5-9-18-29/h4-20,22,32H,2-3,21,23-25H2,1H3,(H,37,41)/t32-/m1/s1. The van der Waals surface area contributed by atoms with Crippen LogP contribution in [0.2, 0.25) is 5.02 Å². The second-order valence-electron chi connectivity index (χ2n) is 10.3. The van der Waals surface area contributed by atoms with Gasteiger partial charge in [-0.1, -0.05) is 114 Å². The van der Waals surface area contributed by atoms with E-state index < -0.39 is 28.5 Å². The molecule has 0 aliphatic rings. The number of rotatable bonds is 14. The number of halogens is 2. The number of carbonyl (C=O) groups excluding carboxylic acids is 2. The van der Waals surface area contributed by atoms with E-state index in [9.17, 15) is 18.0 Å². The van der Waals surface area contributed by atoms with Crippen LogP contribution in [-0.2, 0) is 32.6 Å². The minimum absolute atomic E-state index is 0.0180. The third kappa shape index (κ3) is 8.71. The summed E-state index contributed by atoms with van der Waals surface area (Å²) in [5.74, 6) is -0.850. The van der Waals surface area contributed by atoms with Crippen molar-refractivity contribution in [1.29, 1.82) is 0 Å². The summed E-state index contributed by atoms with van der Waals surface area (Å²) < 4.78 is 29.9. The topological polar surface area (TPSA) is 86.8 Å². The molecule has 1 atom stereocenters. The van der Waals surface area contributed by atoms with Crippen molar-refractivity contribution in [2.75, 3.05) is 17.4 Å². The minimum atomic E-state index is -4.21. The quantitative estimate of drug-likeness (QED) is 0.146. The molecule has 10 heteroatoms. The van der Waals surface area contributed by atoms with Gasteiger partial charge in [-0.05, 0) is 53.9 Å². The van der Waals surface area contributed by atoms with Crippen LogP contribution in [0.3, 0.4) is 0 Å². The molecule has 7 nitrogen and oxygen atoms in total. The second-order valence-corrected chi connectivity index (χ2v) is 13.5. The minimum Gasteiger partial charge on any atom is -0.354 e. The van der Waals surface area contributed by atoms with Crippen molar-refractivity contribution in [3.8, 4) is 0 Å². The number of hydrogen-bond donors (Lipinski definition) is 1. The molecular formula is C34H35BrClN3O4S. The van der Waals surface area contributed by atoms with Gasteiger partial charge in [-0.3, -0.25) is 13.9 Å². The number of unbranched alkanes of at least 4 members (excludes halogenated alkanes) is 1. The normalized spacial score (nSPS) is 11.9. The van der Waals surface area contributed by atoms with E-state index in [0.717, 1.165) is 32.7 Å². The van der Waals surface area contributed by atoms with Gasteiger partial charge in [0.05, 0.1) is 15.6 Å². The molecule has 0 saturated heterocycles. The molecular weight excluding hydrogens is 662 g/mol. The average molecular weight is 697 g/mol. The number of sulfonamides is 1. The number of carbonyl (C=O) groups is 2. The number of para-hydroxylation sites is 1. The summed E-state index contributed by atoms with van der Waals surface area (Å²) in [5, 5.41) is 3.17. The molecule has 0 bridgehead atoms. The summed E-state index contributed by atoms with van der Waals surface area (Å²) in [4.78, 5) is 29.7. The van der Waals surface area contributed by atoms with E-state index in [4.69, 9.17) is 11.6 Å². The summed E-state index contributed by atoms with van der Waals surface area (Å²) in [6.45, 7) is 2.02. The lowest BCUT2D eigenvalue weighted by Crippen LogP contribution is -2.53. The van der Waals surface area contributed by atoms with E-state index >= 15 is 0 Å². The van der Waals surface area contributed by atoms with Crippen LogP contribution in [0.5, 0.6) is 0 Å². The zero-order valence-electron chi connectivity index (χ0n) is 24.4. The fourth-order valence-electron chi connectivity index (χ4n) is 4.78. The SMILES string of the molecule is CCCCNC(=O)[C@@H](Cc1ccccc1)N(Cc1cccc(Br)c1)C(=O)CN(c1ccccc1Cl)S(=O)(=O)c1ccccc1. The highest BCUT2D eigenvalue weighted by Crippen LogP contribution is 2.31. The fraction of sp³-hybridized carbons (Fsp3) is 0.235. The molecule has 0 aliphatic carbocycles. The van der Waals surface area contributed by atoms with E-state index in [2.05, 4.69) is 21.2 Å². The predicted molar refractivity (Wildman–Crippen MR) is 179 cm³/mol. The van der Waals surface area contributed by atoms with Gasteiger partial charge in [-0.15, -0.1) is 0 Å². The lowest BCUT2D eigenvalue weighted by molar-refractivity contribution is -0.140. The molecule has 0 aromatic heterocycles. The monoisotopic (exact) mass is 695 g/mol. The first-order chi connectivity index (χ1) is 21.2. The Bertz CT molecular complexity index is 1660. The van der Waals surface area contributed by atoms with Crippen molar-refractivity contribution >= 4 is 55.1 Å². The van der Waals surface area contributed by atoms with Gasteiger partial charge in [0.1, 0.15) is 12.6 Å². The Balaban J connectivity index is 1.79. The first kappa shape index (κ1) is 33.2. The van der Waals surface area contributed by atoms with Gasteiger partial charge in [0.25, 0.3) is 10.0 Å². The van der Waals surface area contributed by atoms with Crippen LogP contribution in [0.15, 0.2) is 119 Å². The van der Waals surface area contributed by atoms with Gasteiger partial charge in [0, 0.05) is 24.0 Å². The van der Waals surface area contributed by atoms with Crippen molar-refractivity contribution in [3.63, 3.8) is 0 Å². The maximum absolute atomic E-state index is 14.5. The van der Waals surface area contributed by atoms with E-state index in [0.29, 0.717) is 6.54 Å². The van der Waals surface area contributed by atoms with Crippen molar-refractivity contribution in [3.05, 3.63) is 130 Å². The largest absolute Gasteiger partial charge is 0.354 e. The number of nitrogens with zero attached hydrogens (tertiary/aromatic N) is 2. The van der Waals surface area contributed by atoms with Crippen LogP contribution in [0.25, 0.3) is 0 Å². The molecule has 0 aliphatic heterocycles. The number of nitrogens with one attached hydrogen (secondary N) is 1. The van der Waals surface area contributed by atoms with E-state index in [1.807, 2.05) is 61.5 Å². The van der Waals surface area contributed by atoms with Crippen LogP contribution < -0.4 is 9.62 Å². The number of amides is 2. The highest BCUT2D eigenvalue weighted by atomic mass is 79.9. The zero-order chi connectivity index (χ0) is 31.5. The summed E-state index contributed by atoms with van der Waals surface area (Å²) in [7, 11) is -4.21. The molecule has 0 heterocycles. The Labute approximate surface area is 273 Å².